The number of nitrogens with one attached hydrogen (secondary N) is 1. The Morgan fingerprint density at radius 1 is 0.894 bits per heavy atom. The lowest BCUT2D eigenvalue weighted by molar-refractivity contribution is -0.153. The van der Waals surface area contributed by atoms with Gasteiger partial charge in [0.2, 0.25) is 23.6 Å². The number of aromatic nitrogens is 2. The lowest BCUT2D eigenvalue weighted by Crippen LogP contribution is -2.65. The third-order valence-electron chi connectivity index (χ3n) is 13.5. The molecule has 4 amide bonds. The minimum Gasteiger partial charge on any atom is -0.457 e. The van der Waals surface area contributed by atoms with Crippen LogP contribution in [0.2, 0.25) is 5.02 Å². The van der Waals surface area contributed by atoms with E-state index in [9.17, 15) is 14.7 Å². The first kappa shape index (κ1) is 47.9. The molecule has 2 N–H and O–H groups in total. The van der Waals surface area contributed by atoms with Gasteiger partial charge in [-0.2, -0.15) is 0 Å². The Balaban J connectivity index is 1.27. The summed E-state index contributed by atoms with van der Waals surface area (Å²) in [6.07, 6.45) is 3.91. The first-order chi connectivity index (χ1) is 31.6. The van der Waals surface area contributed by atoms with Crippen LogP contribution in [0.5, 0.6) is 11.5 Å². The number of halogens is 1. The highest BCUT2D eigenvalue weighted by molar-refractivity contribution is 6.30. The molecule has 0 radical (unpaired) electrons. The van der Waals surface area contributed by atoms with Crippen LogP contribution in [-0.2, 0) is 58.6 Å². The molecule has 7 rings (SSSR count). The van der Waals surface area contributed by atoms with E-state index in [2.05, 4.69) is 26.7 Å². The molecule has 2 heterocycles. The number of aliphatic hydroxyl groups is 1. The fourth-order valence-corrected chi connectivity index (χ4v) is 9.52. The molecule has 348 valence electrons. The van der Waals surface area contributed by atoms with Gasteiger partial charge in [-0.3, -0.25) is 19.2 Å². The van der Waals surface area contributed by atoms with Crippen molar-refractivity contribution in [1.82, 2.24) is 34.5 Å². The highest BCUT2D eigenvalue weighted by Gasteiger charge is 2.52. The van der Waals surface area contributed by atoms with Gasteiger partial charge in [0, 0.05) is 62.6 Å². The molecule has 3 unspecified atom stereocenters. The van der Waals surface area contributed by atoms with Crippen molar-refractivity contribution in [2.45, 2.75) is 89.0 Å². The Hall–Kier alpha value is -6.02. The second-order valence-corrected chi connectivity index (χ2v) is 18.5. The van der Waals surface area contributed by atoms with E-state index in [4.69, 9.17) is 16.3 Å². The molecule has 0 bridgehead atoms. The molecule has 1 aromatic heterocycles. The zero-order valence-corrected chi connectivity index (χ0v) is 39.8. The van der Waals surface area contributed by atoms with Crippen LogP contribution in [0.1, 0.15) is 72.7 Å². The monoisotopic (exact) mass is 915 g/mol. The van der Waals surface area contributed by atoms with Gasteiger partial charge in [0.25, 0.3) is 0 Å². The lowest BCUT2D eigenvalue weighted by Gasteiger charge is -2.45. The summed E-state index contributed by atoms with van der Waals surface area (Å²) >= 11 is 6.18. The summed E-state index contributed by atoms with van der Waals surface area (Å²) in [6.45, 7) is 3.93. The molecule has 1 saturated heterocycles. The summed E-state index contributed by atoms with van der Waals surface area (Å²) in [5, 5.41) is 14.4. The second kappa shape index (κ2) is 20.7. The molecule has 5 aromatic rings. The number of carbonyl (C=O) groups is 4. The molecule has 0 saturated carbocycles. The van der Waals surface area contributed by atoms with Crippen LogP contribution >= 0.6 is 11.6 Å². The number of imidazole rings is 1. The van der Waals surface area contributed by atoms with Crippen LogP contribution in [0.15, 0.2) is 97.2 Å². The van der Waals surface area contributed by atoms with Crippen LogP contribution in [0.4, 0.5) is 0 Å². The Labute approximate surface area is 393 Å². The topological polar surface area (TPSA) is 141 Å². The van der Waals surface area contributed by atoms with Crippen molar-refractivity contribution in [2.24, 2.45) is 7.05 Å². The Morgan fingerprint density at radius 2 is 1.59 bits per heavy atom. The second-order valence-electron chi connectivity index (χ2n) is 18.1. The van der Waals surface area contributed by atoms with Gasteiger partial charge in [-0.05, 0) is 111 Å². The fraction of sp³-hybridized carbons (Fsp3) is 0.404. The molecule has 14 heteroatoms. The summed E-state index contributed by atoms with van der Waals surface area (Å²) in [7, 11) is 9.31. The molecular formula is C52H62ClN7O6. The van der Waals surface area contributed by atoms with E-state index in [1.165, 1.54) is 4.90 Å². The molecule has 1 aliphatic heterocycles. The molecule has 1 aliphatic carbocycles. The van der Waals surface area contributed by atoms with E-state index in [1.54, 1.807) is 43.0 Å². The molecular weight excluding hydrogens is 854 g/mol. The van der Waals surface area contributed by atoms with Crippen LogP contribution in [-0.4, -0.2) is 117 Å². The quantitative estimate of drug-likeness (QED) is 0.140. The van der Waals surface area contributed by atoms with Crippen molar-refractivity contribution in [3.05, 3.63) is 136 Å². The van der Waals surface area contributed by atoms with E-state index in [0.29, 0.717) is 47.9 Å². The molecule has 13 nitrogen and oxygen atoms in total. The van der Waals surface area contributed by atoms with Crippen molar-refractivity contribution in [3.63, 3.8) is 0 Å². The maximum Gasteiger partial charge on any atom is 0.247 e. The number of aryl methyl sites for hydroxylation is 2. The standard InChI is InChI=1S/C52H62ClN7O6/c1-8-34-13-16-38(46(28-34)66-41-22-17-37(18-23-41)45-29-54-47(59(45)7)32-56(3)4)30-60-49(63)26-25-48(62)57(5)31-40(27-35-14-20-39(53)21-15-35)58(6)50(64)44(33-61)55-51(65)52(60,2)43-24-19-36-11-9-10-12-42(36)43/h9-18,20-23,28-29,40,43-44,61H,8,19,24-27,30-33H2,1-7H3,(H,55,65)/t40?,43-,44?,52?/m0/s1. The SMILES string of the molecule is CCc1ccc(CN2C(=O)CCC(=O)N(C)CC(Cc3ccc(Cl)cc3)N(C)C(=O)C(CO)NC(=O)C2(C)[C@H]2CCc3ccccc32)c(Oc2ccc(-c3cnc(CN(C)C)n3C)cc2)c1. The number of rotatable bonds is 12. The fourth-order valence-electron chi connectivity index (χ4n) is 9.39. The normalized spacial score (nSPS) is 21.0. The number of nitrogens with zero attached hydrogens (tertiary/aromatic N) is 6. The number of likely N-dealkylation sites (N-methyl/N-ethyl adjacent to an activating group) is 2. The third kappa shape index (κ3) is 10.3. The summed E-state index contributed by atoms with van der Waals surface area (Å²) in [5.41, 5.74) is 4.90. The van der Waals surface area contributed by atoms with E-state index < -0.39 is 47.9 Å². The third-order valence-corrected chi connectivity index (χ3v) is 13.7. The Bertz CT molecular complexity index is 2540. The van der Waals surface area contributed by atoms with Crippen LogP contribution < -0.4 is 10.1 Å². The number of hydrogen-bond donors (Lipinski definition) is 2. The Morgan fingerprint density at radius 3 is 2.29 bits per heavy atom. The van der Waals surface area contributed by atoms with Crippen LogP contribution in [0.3, 0.4) is 0 Å². The maximum absolute atomic E-state index is 15.4. The van der Waals surface area contributed by atoms with E-state index >= 15 is 9.59 Å². The molecule has 2 aliphatic rings. The van der Waals surface area contributed by atoms with Gasteiger partial charge >= 0.3 is 0 Å². The number of ether oxygens (including phenoxy) is 1. The smallest absolute Gasteiger partial charge is 0.247 e. The van der Waals surface area contributed by atoms with Crippen LogP contribution in [0, 0.1) is 0 Å². The molecule has 4 aromatic carbocycles. The van der Waals surface area contributed by atoms with Crippen molar-refractivity contribution in [1.29, 1.82) is 0 Å². The summed E-state index contributed by atoms with van der Waals surface area (Å²) in [6, 6.07) is 27.0. The summed E-state index contributed by atoms with van der Waals surface area (Å²) < 4.78 is 8.76. The van der Waals surface area contributed by atoms with Gasteiger partial charge in [0.15, 0.2) is 0 Å². The van der Waals surface area contributed by atoms with Gasteiger partial charge < -0.3 is 39.3 Å². The largest absolute Gasteiger partial charge is 0.457 e. The first-order valence-corrected chi connectivity index (χ1v) is 23.1. The highest BCUT2D eigenvalue weighted by atomic mass is 35.5. The number of carbonyl (C=O) groups excluding carboxylic acids is 4. The van der Waals surface area contributed by atoms with E-state index in [0.717, 1.165) is 45.8 Å². The summed E-state index contributed by atoms with van der Waals surface area (Å²) in [4.78, 5) is 70.3. The minimum absolute atomic E-state index is 0.0483. The van der Waals surface area contributed by atoms with Crippen molar-refractivity contribution in [3.8, 4) is 22.8 Å². The number of benzene rings is 4. The minimum atomic E-state index is -1.60. The number of aliphatic hydroxyl groups excluding tert-OH is 1. The molecule has 66 heavy (non-hydrogen) atoms. The number of amides is 4. The molecule has 1 fully saturated rings. The van der Waals surface area contributed by atoms with E-state index in [-0.39, 0.29) is 31.8 Å². The predicted octanol–water partition coefficient (Wildman–Crippen LogP) is 6.77. The molecule has 4 atom stereocenters. The number of hydrogen-bond acceptors (Lipinski definition) is 8. The van der Waals surface area contributed by atoms with Crippen molar-refractivity contribution >= 4 is 35.2 Å². The van der Waals surface area contributed by atoms with E-state index in [1.807, 2.05) is 106 Å². The average Bonchev–Trinajstić information content (AvgIpc) is 3.91. The van der Waals surface area contributed by atoms with Gasteiger partial charge in [-0.25, -0.2) is 4.98 Å². The maximum atomic E-state index is 15.4. The van der Waals surface area contributed by atoms with Gasteiger partial charge in [-0.15, -0.1) is 0 Å². The highest BCUT2D eigenvalue weighted by Crippen LogP contribution is 2.45. The molecule has 0 spiro atoms. The lowest BCUT2D eigenvalue weighted by atomic mass is 9.78. The zero-order chi connectivity index (χ0) is 47.3. The zero-order valence-electron chi connectivity index (χ0n) is 39.1. The van der Waals surface area contributed by atoms with Crippen molar-refractivity contribution in [2.75, 3.05) is 41.3 Å². The van der Waals surface area contributed by atoms with Crippen molar-refractivity contribution < 1.29 is 29.0 Å². The van der Waals surface area contributed by atoms with Gasteiger partial charge in [0.05, 0.1) is 37.6 Å². The van der Waals surface area contributed by atoms with Crippen LogP contribution in [0.25, 0.3) is 11.3 Å². The average molecular weight is 917 g/mol. The summed E-state index contributed by atoms with van der Waals surface area (Å²) in [5.74, 6) is -0.241. The Kier molecular flexibility index (Phi) is 15.0. The number of fused-ring (bicyclic) bond motifs is 1. The predicted molar refractivity (Wildman–Crippen MR) is 256 cm³/mol. The van der Waals surface area contributed by atoms with Gasteiger partial charge in [-0.1, -0.05) is 67.1 Å². The van der Waals surface area contributed by atoms with Gasteiger partial charge in [0.1, 0.15) is 28.9 Å². The first-order valence-electron chi connectivity index (χ1n) is 22.7.